The summed E-state index contributed by atoms with van der Waals surface area (Å²) in [5.74, 6) is 0.00793. The second kappa shape index (κ2) is 7.87. The molecule has 3 aromatic carbocycles. The van der Waals surface area contributed by atoms with Gasteiger partial charge in [0.1, 0.15) is 11.4 Å². The first kappa shape index (κ1) is 19.5. The Hall–Kier alpha value is -3.86. The van der Waals surface area contributed by atoms with E-state index in [9.17, 15) is 9.59 Å². The molecule has 0 atom stereocenters. The molecule has 5 heteroatoms. The smallest absolute Gasteiger partial charge is 0.282 e. The van der Waals surface area contributed by atoms with E-state index in [2.05, 4.69) is 0 Å². The molecule has 3 aromatic rings. The lowest BCUT2D eigenvalue weighted by Gasteiger charge is -2.22. The number of ether oxygens (including phenoxy) is 1. The minimum absolute atomic E-state index is 0.336. The third-order valence-corrected chi connectivity index (χ3v) is 5.27. The third kappa shape index (κ3) is 3.24. The number of carbonyl (C=O) groups excluding carboxylic acids is 2. The van der Waals surface area contributed by atoms with Gasteiger partial charge in [0, 0.05) is 12.7 Å². The molecular weight excluding hydrogens is 376 g/mol. The summed E-state index contributed by atoms with van der Waals surface area (Å²) in [6.45, 7) is 1.89. The monoisotopic (exact) mass is 398 g/mol. The number of anilines is 2. The average molecular weight is 398 g/mol. The van der Waals surface area contributed by atoms with Crippen LogP contribution >= 0.6 is 0 Å². The summed E-state index contributed by atoms with van der Waals surface area (Å²) in [5.41, 5.74) is 3.66. The normalized spacial score (nSPS) is 13.8. The zero-order valence-corrected chi connectivity index (χ0v) is 17.1. The van der Waals surface area contributed by atoms with E-state index in [1.165, 1.54) is 4.90 Å². The van der Waals surface area contributed by atoms with Gasteiger partial charge in [-0.25, -0.2) is 4.90 Å². The Morgan fingerprint density at radius 3 is 2.07 bits per heavy atom. The number of hydrogen-bond acceptors (Lipinski definition) is 4. The maximum atomic E-state index is 13.6. The first-order chi connectivity index (χ1) is 14.5. The zero-order chi connectivity index (χ0) is 21.3. The fraction of sp³-hybridized carbons (Fsp3) is 0.120. The highest BCUT2D eigenvalue weighted by Crippen LogP contribution is 2.37. The molecule has 0 N–H and O–H groups in total. The van der Waals surface area contributed by atoms with Crippen LogP contribution in [0.15, 0.2) is 84.6 Å². The van der Waals surface area contributed by atoms with Gasteiger partial charge in [0.05, 0.1) is 18.4 Å². The minimum Gasteiger partial charge on any atom is -0.497 e. The van der Waals surface area contributed by atoms with Crippen molar-refractivity contribution in [2.45, 2.75) is 6.92 Å². The maximum Gasteiger partial charge on any atom is 0.282 e. The molecule has 0 unspecified atom stereocenters. The highest BCUT2D eigenvalue weighted by molar-refractivity contribution is 6.46. The standard InChI is InChI=1S/C25H22N2O3/c1-17-9-7-8-12-21(17)27-24(28)22(18-13-15-20(30-3)16-14-18)23(25(27)29)26(2)19-10-5-4-6-11-19/h4-16H,1-3H3. The van der Waals surface area contributed by atoms with Crippen molar-refractivity contribution in [1.29, 1.82) is 0 Å². The molecule has 1 aliphatic rings. The lowest BCUT2D eigenvalue weighted by Crippen LogP contribution is -2.34. The van der Waals surface area contributed by atoms with Gasteiger partial charge in [0.25, 0.3) is 11.8 Å². The molecule has 5 nitrogen and oxygen atoms in total. The Kier molecular flexibility index (Phi) is 5.11. The van der Waals surface area contributed by atoms with Gasteiger partial charge in [-0.1, -0.05) is 48.5 Å². The number of nitrogens with zero attached hydrogens (tertiary/aromatic N) is 2. The molecule has 2 amide bonds. The van der Waals surface area contributed by atoms with E-state index >= 15 is 0 Å². The van der Waals surface area contributed by atoms with Gasteiger partial charge < -0.3 is 9.64 Å². The summed E-state index contributed by atoms with van der Waals surface area (Å²) < 4.78 is 5.24. The number of carbonyl (C=O) groups is 2. The van der Waals surface area contributed by atoms with Crippen LogP contribution in [0.25, 0.3) is 5.57 Å². The van der Waals surface area contributed by atoms with Crippen LogP contribution in [0.3, 0.4) is 0 Å². The predicted molar refractivity (Wildman–Crippen MR) is 118 cm³/mol. The molecule has 4 rings (SSSR count). The number of methoxy groups -OCH3 is 1. The van der Waals surface area contributed by atoms with E-state index in [1.807, 2.05) is 55.5 Å². The maximum absolute atomic E-state index is 13.6. The second-order valence-electron chi connectivity index (χ2n) is 7.08. The Labute approximate surface area is 175 Å². The Morgan fingerprint density at radius 1 is 0.800 bits per heavy atom. The molecule has 0 saturated heterocycles. The molecule has 0 fully saturated rings. The van der Waals surface area contributed by atoms with Crippen LogP contribution in [-0.2, 0) is 9.59 Å². The van der Waals surface area contributed by atoms with Crippen LogP contribution in [0.1, 0.15) is 11.1 Å². The van der Waals surface area contributed by atoms with Crippen LogP contribution in [0.2, 0.25) is 0 Å². The highest BCUT2D eigenvalue weighted by atomic mass is 16.5. The molecule has 150 valence electrons. The Morgan fingerprint density at radius 2 is 1.43 bits per heavy atom. The first-order valence-electron chi connectivity index (χ1n) is 9.65. The van der Waals surface area contributed by atoms with Gasteiger partial charge in [0.15, 0.2) is 0 Å². The number of amides is 2. The average Bonchev–Trinajstić information content (AvgIpc) is 3.04. The van der Waals surface area contributed by atoms with Crippen LogP contribution in [-0.4, -0.2) is 26.0 Å². The SMILES string of the molecule is COc1ccc(C2=C(N(C)c3ccccc3)C(=O)N(c3ccccc3C)C2=O)cc1. The molecule has 0 saturated carbocycles. The molecule has 30 heavy (non-hydrogen) atoms. The van der Waals surface area contributed by atoms with E-state index in [0.29, 0.717) is 28.3 Å². The van der Waals surface area contributed by atoms with E-state index in [0.717, 1.165) is 11.3 Å². The molecular formula is C25H22N2O3. The largest absolute Gasteiger partial charge is 0.497 e. The predicted octanol–water partition coefficient (Wildman–Crippen LogP) is 4.42. The topological polar surface area (TPSA) is 49.9 Å². The van der Waals surface area contributed by atoms with Crippen molar-refractivity contribution >= 4 is 28.8 Å². The summed E-state index contributed by atoms with van der Waals surface area (Å²) >= 11 is 0. The number of para-hydroxylation sites is 2. The van der Waals surface area contributed by atoms with Crippen molar-refractivity contribution in [3.8, 4) is 5.75 Å². The lowest BCUT2D eigenvalue weighted by molar-refractivity contribution is -0.120. The molecule has 1 aliphatic heterocycles. The Bertz CT molecular complexity index is 1130. The van der Waals surface area contributed by atoms with Gasteiger partial charge in [-0.2, -0.15) is 0 Å². The summed E-state index contributed by atoms with van der Waals surface area (Å²) in [4.78, 5) is 30.2. The molecule has 0 radical (unpaired) electrons. The van der Waals surface area contributed by atoms with E-state index < -0.39 is 0 Å². The summed E-state index contributed by atoms with van der Waals surface area (Å²) in [5, 5.41) is 0. The van der Waals surface area contributed by atoms with E-state index in [4.69, 9.17) is 4.74 Å². The van der Waals surface area contributed by atoms with Crippen LogP contribution < -0.4 is 14.5 Å². The van der Waals surface area contributed by atoms with Gasteiger partial charge in [0.2, 0.25) is 0 Å². The summed E-state index contributed by atoms with van der Waals surface area (Å²) in [6, 6.07) is 24.1. The van der Waals surface area contributed by atoms with Gasteiger partial charge in [-0.15, -0.1) is 0 Å². The number of likely N-dealkylation sites (N-methyl/N-ethyl adjacent to an activating group) is 1. The minimum atomic E-state index is -0.341. The fourth-order valence-corrected chi connectivity index (χ4v) is 3.66. The third-order valence-electron chi connectivity index (χ3n) is 5.27. The quantitative estimate of drug-likeness (QED) is 0.597. The van der Waals surface area contributed by atoms with Crippen molar-refractivity contribution in [3.05, 3.63) is 95.7 Å². The molecule has 0 spiro atoms. The van der Waals surface area contributed by atoms with Crippen molar-refractivity contribution in [1.82, 2.24) is 0 Å². The zero-order valence-electron chi connectivity index (χ0n) is 17.1. The van der Waals surface area contributed by atoms with Crippen LogP contribution in [0.5, 0.6) is 5.75 Å². The molecule has 0 bridgehead atoms. The van der Waals surface area contributed by atoms with Crippen molar-refractivity contribution < 1.29 is 14.3 Å². The number of aryl methyl sites for hydroxylation is 1. The Balaban J connectivity index is 1.88. The van der Waals surface area contributed by atoms with Crippen molar-refractivity contribution in [3.63, 3.8) is 0 Å². The highest BCUT2D eigenvalue weighted by Gasteiger charge is 2.42. The summed E-state index contributed by atoms with van der Waals surface area (Å²) in [7, 11) is 3.40. The number of rotatable bonds is 5. The van der Waals surface area contributed by atoms with Gasteiger partial charge in [-0.3, -0.25) is 9.59 Å². The summed E-state index contributed by atoms with van der Waals surface area (Å²) in [6.07, 6.45) is 0. The first-order valence-corrected chi connectivity index (χ1v) is 9.65. The lowest BCUT2D eigenvalue weighted by atomic mass is 10.0. The molecule has 0 aliphatic carbocycles. The second-order valence-corrected chi connectivity index (χ2v) is 7.08. The van der Waals surface area contributed by atoms with Crippen molar-refractivity contribution in [2.75, 3.05) is 24.0 Å². The van der Waals surface area contributed by atoms with Gasteiger partial charge >= 0.3 is 0 Å². The van der Waals surface area contributed by atoms with Crippen LogP contribution in [0.4, 0.5) is 11.4 Å². The molecule has 1 heterocycles. The van der Waals surface area contributed by atoms with Crippen molar-refractivity contribution in [2.24, 2.45) is 0 Å². The fourth-order valence-electron chi connectivity index (χ4n) is 3.66. The van der Waals surface area contributed by atoms with E-state index in [-0.39, 0.29) is 11.8 Å². The number of hydrogen-bond donors (Lipinski definition) is 0. The molecule has 0 aromatic heterocycles. The van der Waals surface area contributed by atoms with E-state index in [1.54, 1.807) is 49.4 Å². The van der Waals surface area contributed by atoms with Gasteiger partial charge in [-0.05, 0) is 48.4 Å². The number of benzene rings is 3. The van der Waals surface area contributed by atoms with Crippen LogP contribution in [0, 0.1) is 6.92 Å². The number of imide groups is 1.